The molecule has 0 spiro atoms. The third kappa shape index (κ3) is 3.42. The van der Waals surface area contributed by atoms with Crippen molar-refractivity contribution >= 4 is 35.3 Å². The van der Waals surface area contributed by atoms with Crippen molar-refractivity contribution in [3.05, 3.63) is 64.7 Å². The van der Waals surface area contributed by atoms with Gasteiger partial charge in [0.25, 0.3) is 5.95 Å². The molecule has 0 aliphatic carbocycles. The molecule has 31 heavy (non-hydrogen) atoms. The summed E-state index contributed by atoms with van der Waals surface area (Å²) >= 11 is 6.07. The first-order chi connectivity index (χ1) is 15.0. The fourth-order valence-electron chi connectivity index (χ4n) is 4.17. The van der Waals surface area contributed by atoms with Crippen LogP contribution in [-0.2, 0) is 9.59 Å². The van der Waals surface area contributed by atoms with Gasteiger partial charge in [0.1, 0.15) is 5.75 Å². The van der Waals surface area contributed by atoms with E-state index in [9.17, 15) is 9.59 Å². The molecule has 0 unspecified atom stereocenters. The zero-order valence-corrected chi connectivity index (χ0v) is 17.5. The summed E-state index contributed by atoms with van der Waals surface area (Å²) in [5.41, 5.74) is 2.00. The summed E-state index contributed by atoms with van der Waals surface area (Å²) < 4.78 is 7.33. The summed E-state index contributed by atoms with van der Waals surface area (Å²) in [4.78, 5) is 30.1. The van der Waals surface area contributed by atoms with Crippen molar-refractivity contribution in [1.29, 1.82) is 0 Å². The number of amides is 2. The van der Waals surface area contributed by atoms with Gasteiger partial charge in [0, 0.05) is 23.4 Å². The lowest BCUT2D eigenvalue weighted by molar-refractivity contribution is -0.121. The Bertz CT molecular complexity index is 1140. The predicted molar refractivity (Wildman–Crippen MR) is 115 cm³/mol. The molecule has 0 bridgehead atoms. The van der Waals surface area contributed by atoms with Crippen LogP contribution >= 0.6 is 11.6 Å². The quantitative estimate of drug-likeness (QED) is 0.625. The maximum absolute atomic E-state index is 12.2. The van der Waals surface area contributed by atoms with Crippen molar-refractivity contribution in [3.8, 4) is 5.75 Å². The minimum Gasteiger partial charge on any atom is -0.496 e. The first-order valence-corrected chi connectivity index (χ1v) is 10.4. The first-order valence-electron chi connectivity index (χ1n) is 10.0. The number of anilines is 2. The van der Waals surface area contributed by atoms with Crippen LogP contribution in [0.1, 0.15) is 42.5 Å². The molecule has 2 atom stereocenters. The van der Waals surface area contributed by atoms with Crippen LogP contribution in [0.25, 0.3) is 0 Å². The van der Waals surface area contributed by atoms with Crippen molar-refractivity contribution in [2.45, 2.75) is 31.3 Å². The van der Waals surface area contributed by atoms with Crippen molar-refractivity contribution in [1.82, 2.24) is 14.8 Å². The Morgan fingerprint density at radius 1 is 1.06 bits per heavy atom. The number of carbonyl (C=O) groups is 2. The van der Waals surface area contributed by atoms with E-state index in [0.29, 0.717) is 17.4 Å². The number of nitrogens with zero attached hydrogens (tertiary/aromatic N) is 4. The van der Waals surface area contributed by atoms with Crippen LogP contribution in [0.2, 0.25) is 5.02 Å². The van der Waals surface area contributed by atoms with Gasteiger partial charge in [-0.25, -0.2) is 9.58 Å². The van der Waals surface area contributed by atoms with Gasteiger partial charge in [-0.15, -0.1) is 5.10 Å². The Morgan fingerprint density at radius 2 is 1.77 bits per heavy atom. The second-order valence-corrected chi connectivity index (χ2v) is 7.98. The number of carbonyl (C=O) groups excluding carboxylic acids is 2. The Hall–Kier alpha value is -3.39. The number of methoxy groups -OCH3 is 1. The van der Waals surface area contributed by atoms with E-state index in [-0.39, 0.29) is 42.7 Å². The van der Waals surface area contributed by atoms with E-state index in [4.69, 9.17) is 16.3 Å². The van der Waals surface area contributed by atoms with Gasteiger partial charge < -0.3 is 10.1 Å². The van der Waals surface area contributed by atoms with Crippen LogP contribution in [0.5, 0.6) is 5.75 Å². The maximum atomic E-state index is 12.2. The Balaban J connectivity index is 1.60. The Labute approximate surface area is 183 Å². The standard InChI is InChI=1S/C22H20ClN5O3/c1-31-18-5-3-2-4-15(18)17-12-16(13-6-8-14(23)9-7-13)24-21-25-22(26-28(17)21)27-19(29)10-11-20(27)30/h2-9,16-17H,10-12H2,1H3,(H,24,25,26)/t16-,17+/m1/s1. The van der Waals surface area contributed by atoms with E-state index in [2.05, 4.69) is 15.4 Å². The first kappa shape index (κ1) is 19.6. The fraction of sp³-hybridized carbons (Fsp3) is 0.273. The Kier molecular flexibility index (Phi) is 4.86. The van der Waals surface area contributed by atoms with E-state index in [0.717, 1.165) is 21.8 Å². The molecule has 1 aromatic heterocycles. The zero-order chi connectivity index (χ0) is 21.5. The van der Waals surface area contributed by atoms with Crippen LogP contribution in [0.15, 0.2) is 48.5 Å². The van der Waals surface area contributed by atoms with Gasteiger partial charge in [0.05, 0.1) is 19.2 Å². The molecule has 0 radical (unpaired) electrons. The number of hydrogen-bond acceptors (Lipinski definition) is 6. The van der Waals surface area contributed by atoms with Crippen LogP contribution in [0.3, 0.4) is 0 Å². The van der Waals surface area contributed by atoms with E-state index >= 15 is 0 Å². The summed E-state index contributed by atoms with van der Waals surface area (Å²) in [6.45, 7) is 0. The predicted octanol–water partition coefficient (Wildman–Crippen LogP) is 3.74. The third-order valence-electron chi connectivity index (χ3n) is 5.70. The number of benzene rings is 2. The smallest absolute Gasteiger partial charge is 0.260 e. The van der Waals surface area contributed by atoms with Crippen LogP contribution in [0.4, 0.5) is 11.9 Å². The van der Waals surface area contributed by atoms with Gasteiger partial charge >= 0.3 is 0 Å². The number of hydrogen-bond donors (Lipinski definition) is 1. The molecule has 158 valence electrons. The summed E-state index contributed by atoms with van der Waals surface area (Å²) in [6.07, 6.45) is 1.03. The van der Waals surface area contributed by atoms with Crippen molar-refractivity contribution in [3.63, 3.8) is 0 Å². The normalized spacial score (nSPS) is 20.5. The number of ether oxygens (including phenoxy) is 1. The molecule has 2 aromatic carbocycles. The number of rotatable bonds is 4. The fourth-order valence-corrected chi connectivity index (χ4v) is 4.30. The van der Waals surface area contributed by atoms with Gasteiger partial charge in [0.2, 0.25) is 17.8 Å². The van der Waals surface area contributed by atoms with Crippen LogP contribution in [-0.4, -0.2) is 33.7 Å². The van der Waals surface area contributed by atoms with Gasteiger partial charge in [-0.2, -0.15) is 4.98 Å². The number of para-hydroxylation sites is 1. The lowest BCUT2D eigenvalue weighted by atomic mass is 9.93. The highest BCUT2D eigenvalue weighted by atomic mass is 35.5. The molecular weight excluding hydrogens is 418 g/mol. The minimum atomic E-state index is -0.281. The van der Waals surface area contributed by atoms with E-state index < -0.39 is 0 Å². The topological polar surface area (TPSA) is 89.3 Å². The third-order valence-corrected chi connectivity index (χ3v) is 5.95. The monoisotopic (exact) mass is 437 g/mol. The second-order valence-electron chi connectivity index (χ2n) is 7.54. The highest BCUT2D eigenvalue weighted by Crippen LogP contribution is 2.41. The van der Waals surface area contributed by atoms with E-state index in [1.54, 1.807) is 11.8 Å². The van der Waals surface area contributed by atoms with Crippen molar-refractivity contribution < 1.29 is 14.3 Å². The average Bonchev–Trinajstić information content (AvgIpc) is 3.35. The summed E-state index contributed by atoms with van der Waals surface area (Å²) in [6, 6.07) is 15.1. The highest BCUT2D eigenvalue weighted by Gasteiger charge is 2.37. The molecule has 5 rings (SSSR count). The molecule has 3 aromatic rings. The molecule has 2 amide bonds. The number of aromatic nitrogens is 3. The number of halogens is 1. The maximum Gasteiger partial charge on any atom is 0.260 e. The second kappa shape index (κ2) is 7.70. The molecule has 1 fully saturated rings. The van der Waals surface area contributed by atoms with Gasteiger partial charge in [-0.05, 0) is 30.2 Å². The Morgan fingerprint density at radius 3 is 2.48 bits per heavy atom. The summed E-state index contributed by atoms with van der Waals surface area (Å²) in [5, 5.41) is 8.62. The molecule has 2 aliphatic heterocycles. The lowest BCUT2D eigenvalue weighted by Gasteiger charge is -2.32. The van der Waals surface area contributed by atoms with Gasteiger partial charge in [-0.1, -0.05) is 41.9 Å². The van der Waals surface area contributed by atoms with E-state index in [1.165, 1.54) is 0 Å². The van der Waals surface area contributed by atoms with Crippen molar-refractivity contribution in [2.75, 3.05) is 17.3 Å². The molecule has 3 heterocycles. The molecule has 8 nitrogen and oxygen atoms in total. The average molecular weight is 438 g/mol. The molecular formula is C22H20ClN5O3. The van der Waals surface area contributed by atoms with Crippen molar-refractivity contribution in [2.24, 2.45) is 0 Å². The zero-order valence-electron chi connectivity index (χ0n) is 16.8. The molecule has 1 N–H and O–H groups in total. The largest absolute Gasteiger partial charge is 0.496 e. The van der Waals surface area contributed by atoms with Crippen LogP contribution < -0.4 is 15.0 Å². The summed E-state index contributed by atoms with van der Waals surface area (Å²) in [5.74, 6) is 0.768. The lowest BCUT2D eigenvalue weighted by Crippen LogP contribution is -2.30. The molecule has 9 heteroatoms. The highest BCUT2D eigenvalue weighted by molar-refractivity contribution is 6.30. The van der Waals surface area contributed by atoms with Gasteiger partial charge in [0.15, 0.2) is 0 Å². The number of fused-ring (bicyclic) bond motifs is 1. The molecule has 2 aliphatic rings. The van der Waals surface area contributed by atoms with Gasteiger partial charge in [-0.3, -0.25) is 9.59 Å². The SMILES string of the molecule is COc1ccccc1[C@@H]1C[C@H](c2ccc(Cl)cc2)Nc2nc(N3C(=O)CCC3=O)nn21. The van der Waals surface area contributed by atoms with E-state index in [1.807, 2.05) is 48.5 Å². The molecule has 1 saturated heterocycles. The number of imide groups is 1. The number of nitrogens with one attached hydrogen (secondary N) is 1. The minimum absolute atomic E-state index is 0.0679. The summed E-state index contributed by atoms with van der Waals surface area (Å²) in [7, 11) is 1.63. The van der Waals surface area contributed by atoms with Crippen LogP contribution in [0, 0.1) is 0 Å². The molecule has 0 saturated carbocycles.